The molecule has 7 heteroatoms. The lowest BCUT2D eigenvalue weighted by Gasteiger charge is -2.06. The zero-order valence-electron chi connectivity index (χ0n) is 10.7. The molecular weight excluding hydrogens is 278 g/mol. The highest BCUT2D eigenvalue weighted by Crippen LogP contribution is 2.34. The van der Waals surface area contributed by atoms with Crippen LogP contribution in [0, 0.1) is 10.1 Å². The first-order valence-corrected chi connectivity index (χ1v) is 6.52. The fourth-order valence-corrected chi connectivity index (χ4v) is 2.59. The molecule has 0 fully saturated rings. The average molecular weight is 291 g/mol. The Morgan fingerprint density at radius 1 is 1.25 bits per heavy atom. The summed E-state index contributed by atoms with van der Waals surface area (Å²) in [5.41, 5.74) is 2.91. The number of non-ortho nitro benzene ring substituents is 1. The number of ether oxygens (including phenoxy) is 1. The van der Waals surface area contributed by atoms with E-state index in [4.69, 9.17) is 10.6 Å². The van der Waals surface area contributed by atoms with Gasteiger partial charge < -0.3 is 10.2 Å². The number of hydrazine groups is 1. The largest absolute Gasteiger partial charge is 0.497 e. The van der Waals surface area contributed by atoms with Gasteiger partial charge in [-0.15, -0.1) is 0 Å². The van der Waals surface area contributed by atoms with Gasteiger partial charge in [0.2, 0.25) is 0 Å². The molecule has 3 N–H and O–H groups in total. The lowest BCUT2D eigenvalue weighted by Crippen LogP contribution is -2.07. The molecule has 2 aromatic rings. The molecule has 20 heavy (non-hydrogen) atoms. The standard InChI is InChI=1S/C13H13N3O3S/c1-19-11-3-2-4-12(8-11)20-13-6-9(15-14)5-10(7-13)16(17)18/h2-8,15H,14H2,1H3. The van der Waals surface area contributed by atoms with E-state index in [1.54, 1.807) is 13.2 Å². The quantitative estimate of drug-likeness (QED) is 0.500. The number of nitrogen functional groups attached to an aromatic ring is 1. The minimum absolute atomic E-state index is 0.00848. The third kappa shape index (κ3) is 3.40. The number of nitrogens with zero attached hydrogens (tertiary/aromatic N) is 1. The van der Waals surface area contributed by atoms with Gasteiger partial charge in [0.25, 0.3) is 5.69 Å². The number of nitro benzene ring substituents is 1. The van der Waals surface area contributed by atoms with Crippen molar-refractivity contribution in [2.75, 3.05) is 12.5 Å². The molecule has 0 unspecified atom stereocenters. The molecule has 0 aromatic heterocycles. The fourth-order valence-electron chi connectivity index (χ4n) is 1.63. The number of anilines is 1. The summed E-state index contributed by atoms with van der Waals surface area (Å²) in [4.78, 5) is 12.1. The lowest BCUT2D eigenvalue weighted by atomic mass is 10.3. The van der Waals surface area contributed by atoms with Crippen molar-refractivity contribution in [3.05, 3.63) is 52.6 Å². The number of hydrogen-bond donors (Lipinski definition) is 2. The molecule has 104 valence electrons. The molecule has 0 aliphatic rings. The first kappa shape index (κ1) is 14.2. The maximum atomic E-state index is 10.9. The van der Waals surface area contributed by atoms with Gasteiger partial charge in [-0.05, 0) is 24.3 Å². The molecule has 2 rings (SSSR count). The van der Waals surface area contributed by atoms with Crippen molar-refractivity contribution in [1.29, 1.82) is 0 Å². The smallest absolute Gasteiger partial charge is 0.272 e. The van der Waals surface area contributed by atoms with Crippen LogP contribution in [-0.2, 0) is 0 Å². The third-order valence-corrected chi connectivity index (χ3v) is 3.51. The summed E-state index contributed by atoms with van der Waals surface area (Å²) in [6, 6.07) is 12.1. The number of nitrogens with one attached hydrogen (secondary N) is 1. The van der Waals surface area contributed by atoms with Gasteiger partial charge in [0.05, 0.1) is 17.7 Å². The summed E-state index contributed by atoms with van der Waals surface area (Å²) in [6.45, 7) is 0. The van der Waals surface area contributed by atoms with Crippen LogP contribution in [0.4, 0.5) is 11.4 Å². The van der Waals surface area contributed by atoms with Crippen molar-refractivity contribution in [3.8, 4) is 5.75 Å². The van der Waals surface area contributed by atoms with Crippen LogP contribution in [0.3, 0.4) is 0 Å². The fraction of sp³-hybridized carbons (Fsp3) is 0.0769. The first-order valence-electron chi connectivity index (χ1n) is 5.70. The first-order chi connectivity index (χ1) is 9.62. The number of nitrogens with two attached hydrogens (primary N) is 1. The highest BCUT2D eigenvalue weighted by Gasteiger charge is 2.10. The number of methoxy groups -OCH3 is 1. The Labute approximate surface area is 120 Å². The van der Waals surface area contributed by atoms with Gasteiger partial charge >= 0.3 is 0 Å². The molecule has 2 aromatic carbocycles. The van der Waals surface area contributed by atoms with Crippen LogP contribution in [-0.4, -0.2) is 12.0 Å². The lowest BCUT2D eigenvalue weighted by molar-refractivity contribution is -0.385. The number of rotatable bonds is 5. The molecule has 0 saturated carbocycles. The van der Waals surface area contributed by atoms with Crippen molar-refractivity contribution >= 4 is 23.1 Å². The van der Waals surface area contributed by atoms with Gasteiger partial charge in [0, 0.05) is 21.9 Å². The Morgan fingerprint density at radius 2 is 2.05 bits per heavy atom. The molecule has 0 heterocycles. The summed E-state index contributed by atoms with van der Waals surface area (Å²) >= 11 is 1.40. The van der Waals surface area contributed by atoms with Gasteiger partial charge in [0.1, 0.15) is 5.75 Å². The summed E-state index contributed by atoms with van der Waals surface area (Å²) in [5, 5.41) is 10.9. The van der Waals surface area contributed by atoms with Crippen molar-refractivity contribution in [1.82, 2.24) is 0 Å². The molecule has 0 aliphatic carbocycles. The average Bonchev–Trinajstić information content (AvgIpc) is 2.47. The van der Waals surface area contributed by atoms with Crippen molar-refractivity contribution in [2.24, 2.45) is 5.84 Å². The second-order valence-electron chi connectivity index (χ2n) is 3.90. The van der Waals surface area contributed by atoms with Gasteiger partial charge in [-0.3, -0.25) is 16.0 Å². The van der Waals surface area contributed by atoms with Gasteiger partial charge in [-0.1, -0.05) is 17.8 Å². The van der Waals surface area contributed by atoms with E-state index in [-0.39, 0.29) is 5.69 Å². The Balaban J connectivity index is 2.32. The van der Waals surface area contributed by atoms with E-state index in [9.17, 15) is 10.1 Å². The maximum absolute atomic E-state index is 10.9. The molecule has 0 aliphatic heterocycles. The minimum Gasteiger partial charge on any atom is -0.497 e. The zero-order valence-corrected chi connectivity index (χ0v) is 11.5. The van der Waals surface area contributed by atoms with E-state index in [1.165, 1.54) is 23.9 Å². The molecule has 0 saturated heterocycles. The Hall–Kier alpha value is -2.25. The van der Waals surface area contributed by atoms with Crippen LogP contribution in [0.1, 0.15) is 0 Å². The second kappa shape index (κ2) is 6.27. The molecule has 0 amide bonds. The van der Waals surface area contributed by atoms with Gasteiger partial charge in [-0.25, -0.2) is 0 Å². The van der Waals surface area contributed by atoms with Crippen molar-refractivity contribution in [3.63, 3.8) is 0 Å². The van der Waals surface area contributed by atoms with E-state index in [0.29, 0.717) is 5.69 Å². The van der Waals surface area contributed by atoms with Crippen LogP contribution >= 0.6 is 11.8 Å². The molecule has 0 atom stereocenters. The summed E-state index contributed by atoms with van der Waals surface area (Å²) in [6.07, 6.45) is 0. The van der Waals surface area contributed by atoms with Crippen molar-refractivity contribution < 1.29 is 9.66 Å². The second-order valence-corrected chi connectivity index (χ2v) is 5.05. The monoisotopic (exact) mass is 291 g/mol. The predicted octanol–water partition coefficient (Wildman–Crippen LogP) is 3.04. The van der Waals surface area contributed by atoms with Crippen LogP contribution < -0.4 is 16.0 Å². The van der Waals surface area contributed by atoms with E-state index in [1.807, 2.05) is 24.3 Å². The van der Waals surface area contributed by atoms with Crippen LogP contribution in [0.5, 0.6) is 5.75 Å². The van der Waals surface area contributed by atoms with Crippen molar-refractivity contribution in [2.45, 2.75) is 9.79 Å². The molecule has 6 nitrogen and oxygen atoms in total. The van der Waals surface area contributed by atoms with Crippen LogP contribution in [0.25, 0.3) is 0 Å². The number of nitro groups is 1. The Kier molecular flexibility index (Phi) is 4.44. The Morgan fingerprint density at radius 3 is 2.70 bits per heavy atom. The van der Waals surface area contributed by atoms with E-state index in [0.717, 1.165) is 15.5 Å². The van der Waals surface area contributed by atoms with E-state index < -0.39 is 4.92 Å². The normalized spacial score (nSPS) is 10.1. The summed E-state index contributed by atoms with van der Waals surface area (Å²) < 4.78 is 5.15. The third-order valence-electron chi connectivity index (χ3n) is 2.55. The van der Waals surface area contributed by atoms with Crippen LogP contribution in [0.15, 0.2) is 52.3 Å². The minimum atomic E-state index is -0.448. The Bertz CT molecular complexity index is 634. The molecular formula is C13H13N3O3S. The number of hydrogen-bond acceptors (Lipinski definition) is 6. The highest BCUT2D eigenvalue weighted by atomic mass is 32.2. The predicted molar refractivity (Wildman–Crippen MR) is 78.0 cm³/mol. The van der Waals surface area contributed by atoms with E-state index >= 15 is 0 Å². The molecule has 0 spiro atoms. The van der Waals surface area contributed by atoms with E-state index in [2.05, 4.69) is 5.43 Å². The number of benzene rings is 2. The summed E-state index contributed by atoms with van der Waals surface area (Å²) in [5.74, 6) is 6.06. The topological polar surface area (TPSA) is 90.4 Å². The highest BCUT2D eigenvalue weighted by molar-refractivity contribution is 7.99. The van der Waals surface area contributed by atoms with Gasteiger partial charge in [-0.2, -0.15) is 0 Å². The molecule has 0 bridgehead atoms. The maximum Gasteiger partial charge on any atom is 0.272 e. The zero-order chi connectivity index (χ0) is 14.5. The SMILES string of the molecule is COc1cccc(Sc2cc(NN)cc([N+](=O)[O-])c2)c1. The summed E-state index contributed by atoms with van der Waals surface area (Å²) in [7, 11) is 1.59. The van der Waals surface area contributed by atoms with Crippen LogP contribution in [0.2, 0.25) is 0 Å². The van der Waals surface area contributed by atoms with Gasteiger partial charge in [0.15, 0.2) is 0 Å². The molecule has 0 radical (unpaired) electrons.